The molecule has 0 aromatic carbocycles. The average molecular weight is 479 g/mol. The number of halogens is 4. The molecule has 1 aliphatic carbocycles. The van der Waals surface area contributed by atoms with Crippen LogP contribution in [0.2, 0.25) is 5.15 Å². The third-order valence-corrected chi connectivity index (χ3v) is 5.49. The smallest absolute Gasteiger partial charge is 0.324 e. The van der Waals surface area contributed by atoms with Crippen LogP contribution < -0.4 is 10.7 Å². The molecule has 3 aromatic rings. The number of hydrogen-bond acceptors (Lipinski definition) is 7. The molecular formula is C20H18ClF3N8O. The Labute approximate surface area is 190 Å². The number of carbonyl (C=O) groups is 1. The van der Waals surface area contributed by atoms with Gasteiger partial charge in [-0.1, -0.05) is 25.4 Å². The molecule has 0 fully saturated rings. The van der Waals surface area contributed by atoms with Crippen molar-refractivity contribution in [3.8, 4) is 0 Å². The number of pyridine rings is 1. The van der Waals surface area contributed by atoms with Crippen molar-refractivity contribution in [3.05, 3.63) is 46.5 Å². The number of aromatic nitrogens is 4. The quantitative estimate of drug-likeness (QED) is 0.374. The second-order valence-corrected chi connectivity index (χ2v) is 8.49. The lowest BCUT2D eigenvalue weighted by molar-refractivity contribution is -0.137. The van der Waals surface area contributed by atoms with Crippen molar-refractivity contribution in [3.63, 3.8) is 0 Å². The molecule has 172 valence electrons. The number of anilines is 2. The summed E-state index contributed by atoms with van der Waals surface area (Å²) >= 11 is 6.01. The molecule has 33 heavy (non-hydrogen) atoms. The van der Waals surface area contributed by atoms with Gasteiger partial charge in [-0.15, -0.1) is 0 Å². The van der Waals surface area contributed by atoms with Gasteiger partial charge in [-0.3, -0.25) is 10.2 Å². The third kappa shape index (κ3) is 4.25. The average Bonchev–Trinajstić information content (AvgIpc) is 3.24. The monoisotopic (exact) mass is 478 g/mol. The highest BCUT2D eigenvalue weighted by Crippen LogP contribution is 2.46. The van der Waals surface area contributed by atoms with Crippen molar-refractivity contribution in [2.45, 2.75) is 37.8 Å². The Hall–Kier alpha value is -3.54. The van der Waals surface area contributed by atoms with Crippen LogP contribution in [0.15, 0.2) is 29.6 Å². The molecule has 1 amide bonds. The second kappa shape index (κ2) is 8.10. The minimum Gasteiger partial charge on any atom is -0.324 e. The fourth-order valence-electron chi connectivity index (χ4n) is 4.01. The predicted octanol–water partition coefficient (Wildman–Crippen LogP) is 4.25. The Bertz CT molecular complexity index is 1280. The first kappa shape index (κ1) is 22.6. The third-order valence-electron chi connectivity index (χ3n) is 5.31. The van der Waals surface area contributed by atoms with E-state index in [1.807, 2.05) is 13.8 Å². The summed E-state index contributed by atoms with van der Waals surface area (Å²) in [4.78, 5) is 21.1. The van der Waals surface area contributed by atoms with Crippen LogP contribution in [0.25, 0.3) is 5.65 Å². The number of hydrogen-bond donors (Lipinski definition) is 3. The van der Waals surface area contributed by atoms with E-state index in [9.17, 15) is 18.0 Å². The van der Waals surface area contributed by atoms with Gasteiger partial charge in [0.15, 0.2) is 16.6 Å². The molecule has 9 nitrogen and oxygen atoms in total. The van der Waals surface area contributed by atoms with E-state index in [4.69, 9.17) is 17.0 Å². The highest BCUT2D eigenvalue weighted by atomic mass is 35.5. The van der Waals surface area contributed by atoms with E-state index in [0.29, 0.717) is 17.6 Å². The minimum absolute atomic E-state index is 0.115. The van der Waals surface area contributed by atoms with Gasteiger partial charge in [-0.05, 0) is 12.5 Å². The topological polar surface area (TPSA) is 120 Å². The van der Waals surface area contributed by atoms with Gasteiger partial charge in [0, 0.05) is 29.5 Å². The summed E-state index contributed by atoms with van der Waals surface area (Å²) in [6.45, 7) is 3.90. The zero-order valence-corrected chi connectivity index (χ0v) is 18.2. The van der Waals surface area contributed by atoms with Crippen molar-refractivity contribution in [1.82, 2.24) is 19.6 Å². The number of nitrogens with zero attached hydrogens (tertiary/aromatic N) is 5. The summed E-state index contributed by atoms with van der Waals surface area (Å²) in [5.74, 6) is -1.69. The second-order valence-electron chi connectivity index (χ2n) is 8.10. The maximum Gasteiger partial charge on any atom is 0.420 e. The molecular weight excluding hydrogens is 461 g/mol. The van der Waals surface area contributed by atoms with Gasteiger partial charge in [-0.25, -0.2) is 14.5 Å². The van der Waals surface area contributed by atoms with E-state index in [-0.39, 0.29) is 10.8 Å². The molecule has 0 saturated carbocycles. The van der Waals surface area contributed by atoms with Crippen molar-refractivity contribution in [1.29, 1.82) is 5.41 Å². The van der Waals surface area contributed by atoms with Crippen molar-refractivity contribution in [2.24, 2.45) is 5.10 Å². The number of hydrazone groups is 1. The minimum atomic E-state index is -4.74. The molecule has 3 N–H and O–H groups in total. The maximum absolute atomic E-state index is 13.5. The molecule has 4 rings (SSSR count). The number of fused-ring (bicyclic) bond motifs is 3. The highest BCUT2D eigenvalue weighted by Gasteiger charge is 2.43. The summed E-state index contributed by atoms with van der Waals surface area (Å²) in [6, 6.07) is 2.39. The van der Waals surface area contributed by atoms with Gasteiger partial charge in [0.1, 0.15) is 5.56 Å². The van der Waals surface area contributed by atoms with Gasteiger partial charge >= 0.3 is 6.18 Å². The number of alkyl halides is 3. The lowest BCUT2D eigenvalue weighted by Gasteiger charge is -2.19. The van der Waals surface area contributed by atoms with Crippen LogP contribution >= 0.6 is 11.6 Å². The van der Waals surface area contributed by atoms with Crippen LogP contribution in [0, 0.1) is 5.41 Å². The van der Waals surface area contributed by atoms with Crippen LogP contribution in [0.3, 0.4) is 0 Å². The Balaban J connectivity index is 1.65. The summed E-state index contributed by atoms with van der Waals surface area (Å²) in [6.07, 6.45) is 0.113. The standard InChI is InChI=1S/C20H18ClF3N8O/c1-19(2)7-11(12-9-26-15-6-14(21)31-32(15)16(12)19)18(33)29-10-5-13(20(22,23)24)17(27-8-10)30-28-4-3-25/h3-6,8-9,11,25H,7H2,1-2H3,(H,27,30)(H,29,33)/b25-3?,28-4-/t11-/m0/s1. The largest absolute Gasteiger partial charge is 0.420 e. The van der Waals surface area contributed by atoms with E-state index in [1.165, 1.54) is 0 Å². The van der Waals surface area contributed by atoms with Crippen LogP contribution in [0.4, 0.5) is 24.7 Å². The van der Waals surface area contributed by atoms with Gasteiger partial charge in [0.2, 0.25) is 5.91 Å². The number of nitrogens with one attached hydrogen (secondary N) is 3. The van der Waals surface area contributed by atoms with Gasteiger partial charge in [0.25, 0.3) is 0 Å². The van der Waals surface area contributed by atoms with Crippen LogP contribution in [-0.2, 0) is 16.4 Å². The lowest BCUT2D eigenvalue weighted by Crippen LogP contribution is -2.22. The van der Waals surface area contributed by atoms with Gasteiger partial charge < -0.3 is 10.7 Å². The van der Waals surface area contributed by atoms with Gasteiger partial charge in [0.05, 0.1) is 29.7 Å². The molecule has 1 aliphatic rings. The lowest BCUT2D eigenvalue weighted by atomic mass is 9.88. The molecule has 0 unspecified atom stereocenters. The van der Waals surface area contributed by atoms with Crippen molar-refractivity contribution in [2.75, 3.05) is 10.7 Å². The summed E-state index contributed by atoms with van der Waals surface area (Å²) in [7, 11) is 0. The molecule has 0 spiro atoms. The fourth-order valence-corrected chi connectivity index (χ4v) is 4.18. The van der Waals surface area contributed by atoms with Crippen LogP contribution in [0.1, 0.15) is 43.0 Å². The molecule has 3 heterocycles. The summed E-state index contributed by atoms with van der Waals surface area (Å²) < 4.78 is 42.1. The maximum atomic E-state index is 13.5. The van der Waals surface area contributed by atoms with Gasteiger partial charge in [-0.2, -0.15) is 23.4 Å². The molecule has 3 aromatic heterocycles. The van der Waals surface area contributed by atoms with E-state index in [2.05, 4.69) is 30.9 Å². The molecule has 13 heteroatoms. The fraction of sp³-hybridized carbons (Fsp3) is 0.300. The summed E-state index contributed by atoms with van der Waals surface area (Å²) in [5.41, 5.74) is 2.42. The zero-order valence-electron chi connectivity index (χ0n) is 17.4. The number of amides is 1. The molecule has 1 atom stereocenters. The molecule has 0 radical (unpaired) electrons. The van der Waals surface area contributed by atoms with E-state index < -0.39 is 34.8 Å². The normalized spacial score (nSPS) is 17.3. The first-order valence-corrected chi connectivity index (χ1v) is 10.1. The number of carbonyl (C=O) groups excluding carboxylic acids is 1. The Morgan fingerprint density at radius 1 is 1.33 bits per heavy atom. The van der Waals surface area contributed by atoms with E-state index >= 15 is 0 Å². The van der Waals surface area contributed by atoms with E-state index in [1.54, 1.807) is 16.8 Å². The Kier molecular flexibility index (Phi) is 5.56. The number of rotatable bonds is 5. The SMILES string of the molecule is CC1(C)C[C@H](C(=O)Nc2cnc(N/N=C\C=N)c(C(F)(F)F)c2)c2cnc3cc(Cl)nn3c21. The Morgan fingerprint density at radius 2 is 2.09 bits per heavy atom. The predicted molar refractivity (Wildman–Crippen MR) is 117 cm³/mol. The van der Waals surface area contributed by atoms with E-state index in [0.717, 1.165) is 30.4 Å². The highest BCUT2D eigenvalue weighted by molar-refractivity contribution is 6.29. The van der Waals surface area contributed by atoms with Crippen molar-refractivity contribution < 1.29 is 18.0 Å². The first-order valence-electron chi connectivity index (χ1n) is 9.72. The summed E-state index contributed by atoms with van der Waals surface area (Å²) in [5, 5.41) is 17.4. The van der Waals surface area contributed by atoms with Crippen LogP contribution in [0.5, 0.6) is 0 Å². The van der Waals surface area contributed by atoms with Crippen LogP contribution in [-0.4, -0.2) is 37.9 Å². The first-order chi connectivity index (χ1) is 15.5. The van der Waals surface area contributed by atoms with Crippen molar-refractivity contribution >= 4 is 47.1 Å². The molecule has 0 saturated heterocycles. The Morgan fingerprint density at radius 3 is 2.79 bits per heavy atom. The molecule has 0 bridgehead atoms. The zero-order chi connectivity index (χ0) is 24.0. The molecule has 0 aliphatic heterocycles.